The van der Waals surface area contributed by atoms with E-state index >= 15 is 0 Å². The van der Waals surface area contributed by atoms with Gasteiger partial charge in [0.2, 0.25) is 5.91 Å². The third-order valence-corrected chi connectivity index (χ3v) is 13.1. The summed E-state index contributed by atoms with van der Waals surface area (Å²) in [6.07, 6.45) is 87.1. The van der Waals surface area contributed by atoms with Crippen molar-refractivity contribution < 1.29 is 15.0 Å². The Labute approximate surface area is 424 Å². The van der Waals surface area contributed by atoms with Crippen molar-refractivity contribution in [2.75, 3.05) is 6.61 Å². The molecule has 2 unspecified atom stereocenters. The van der Waals surface area contributed by atoms with Gasteiger partial charge in [-0.15, -0.1) is 0 Å². The minimum atomic E-state index is -0.852. The number of aliphatic hydroxyl groups excluding tert-OH is 2. The predicted octanol–water partition coefficient (Wildman–Crippen LogP) is 19.7. The van der Waals surface area contributed by atoms with Crippen LogP contribution in [0.2, 0.25) is 0 Å². The zero-order valence-electron chi connectivity index (χ0n) is 45.1. The Morgan fingerprint density at radius 3 is 0.971 bits per heavy atom. The summed E-state index contributed by atoms with van der Waals surface area (Å²) < 4.78 is 0. The fourth-order valence-corrected chi connectivity index (χ4v) is 8.63. The molecule has 68 heavy (non-hydrogen) atoms. The fourth-order valence-electron chi connectivity index (χ4n) is 8.63. The van der Waals surface area contributed by atoms with Crippen LogP contribution in [0.4, 0.5) is 0 Å². The number of rotatable bonds is 53. The lowest BCUT2D eigenvalue weighted by Gasteiger charge is -2.20. The Bertz CT molecular complexity index is 1250. The maximum atomic E-state index is 12.5. The maximum absolute atomic E-state index is 12.5. The van der Waals surface area contributed by atoms with Crippen LogP contribution in [0.3, 0.4) is 0 Å². The van der Waals surface area contributed by atoms with E-state index < -0.39 is 12.1 Å². The lowest BCUT2D eigenvalue weighted by atomic mass is 10.0. The van der Waals surface area contributed by atoms with Gasteiger partial charge in [-0.25, -0.2) is 0 Å². The number of carbonyl (C=O) groups is 1. The Balaban J connectivity index is 3.57. The van der Waals surface area contributed by atoms with E-state index in [-0.39, 0.29) is 12.5 Å². The molecule has 4 nitrogen and oxygen atoms in total. The van der Waals surface area contributed by atoms with E-state index in [0.717, 1.165) is 83.5 Å². The summed E-state index contributed by atoms with van der Waals surface area (Å²) in [7, 11) is 0. The van der Waals surface area contributed by atoms with Crippen LogP contribution in [0.5, 0.6) is 0 Å². The molecule has 0 bridgehead atoms. The number of nitrogens with one attached hydrogen (secondary N) is 1. The minimum Gasteiger partial charge on any atom is -0.394 e. The predicted molar refractivity (Wildman–Crippen MR) is 303 cm³/mol. The zero-order valence-corrected chi connectivity index (χ0v) is 45.1. The van der Waals surface area contributed by atoms with Gasteiger partial charge in [0.25, 0.3) is 0 Å². The van der Waals surface area contributed by atoms with Crippen molar-refractivity contribution in [2.45, 2.75) is 296 Å². The Morgan fingerprint density at radius 1 is 0.368 bits per heavy atom. The van der Waals surface area contributed by atoms with Crippen LogP contribution in [0.1, 0.15) is 284 Å². The van der Waals surface area contributed by atoms with E-state index in [1.165, 1.54) is 180 Å². The molecule has 0 saturated carbocycles. The van der Waals surface area contributed by atoms with Crippen LogP contribution in [0.25, 0.3) is 0 Å². The van der Waals surface area contributed by atoms with Gasteiger partial charge in [0.15, 0.2) is 0 Å². The molecule has 0 spiro atoms. The second-order valence-electron chi connectivity index (χ2n) is 19.7. The molecule has 0 fully saturated rings. The Kier molecular flexibility index (Phi) is 56.3. The van der Waals surface area contributed by atoms with E-state index in [0.29, 0.717) is 6.42 Å². The largest absolute Gasteiger partial charge is 0.394 e. The van der Waals surface area contributed by atoms with Gasteiger partial charge < -0.3 is 15.5 Å². The van der Waals surface area contributed by atoms with Crippen LogP contribution in [0.15, 0.2) is 97.2 Å². The van der Waals surface area contributed by atoms with Gasteiger partial charge in [-0.3, -0.25) is 4.79 Å². The molecule has 0 radical (unpaired) electrons. The Hall–Kier alpha value is -2.69. The number of allylic oxidation sites excluding steroid dienone is 15. The van der Waals surface area contributed by atoms with E-state index in [1.54, 1.807) is 6.08 Å². The lowest BCUT2D eigenvalue weighted by molar-refractivity contribution is -0.123. The molecular weight excluding hydrogens is 831 g/mol. The highest BCUT2D eigenvalue weighted by atomic mass is 16.3. The SMILES string of the molecule is CC/C=C\C/C=C\C/C=C\C/C=C\C/C=C\C/C=C\C/C=C\CCCCCCCCCC(=O)NC(CO)C(O)/C=C/CCCCCCCCCCCCCCCCCCCCCCCCCCC. The van der Waals surface area contributed by atoms with E-state index in [1.807, 2.05) is 6.08 Å². The number of hydrogen-bond donors (Lipinski definition) is 3. The summed E-state index contributed by atoms with van der Waals surface area (Å²) >= 11 is 0. The average Bonchev–Trinajstić information content (AvgIpc) is 3.34. The van der Waals surface area contributed by atoms with Crippen LogP contribution < -0.4 is 5.32 Å². The molecule has 3 N–H and O–H groups in total. The molecule has 2 atom stereocenters. The molecule has 392 valence electrons. The molecule has 0 rings (SSSR count). The highest BCUT2D eigenvalue weighted by Crippen LogP contribution is 2.17. The van der Waals surface area contributed by atoms with Crippen molar-refractivity contribution in [3.8, 4) is 0 Å². The number of unbranched alkanes of at least 4 members (excludes halogenated alkanes) is 32. The third kappa shape index (κ3) is 54.3. The fraction of sp³-hybridized carbons (Fsp3) is 0.734. The van der Waals surface area contributed by atoms with Gasteiger partial charge in [-0.2, -0.15) is 0 Å². The van der Waals surface area contributed by atoms with Crippen LogP contribution in [0, 0.1) is 0 Å². The van der Waals surface area contributed by atoms with Gasteiger partial charge >= 0.3 is 0 Å². The molecular formula is C64H113NO3. The topological polar surface area (TPSA) is 69.6 Å². The molecule has 0 aromatic heterocycles. The van der Waals surface area contributed by atoms with Crippen molar-refractivity contribution in [2.24, 2.45) is 0 Å². The number of aliphatic hydroxyl groups is 2. The van der Waals surface area contributed by atoms with Gasteiger partial charge in [0.1, 0.15) is 0 Å². The molecule has 1 amide bonds. The summed E-state index contributed by atoms with van der Waals surface area (Å²) in [6, 6.07) is -0.637. The van der Waals surface area contributed by atoms with Gasteiger partial charge in [-0.1, -0.05) is 297 Å². The van der Waals surface area contributed by atoms with Crippen molar-refractivity contribution in [1.82, 2.24) is 5.32 Å². The van der Waals surface area contributed by atoms with Crippen LogP contribution in [-0.4, -0.2) is 34.9 Å². The van der Waals surface area contributed by atoms with Gasteiger partial charge in [0, 0.05) is 6.42 Å². The zero-order chi connectivity index (χ0) is 49.2. The van der Waals surface area contributed by atoms with Gasteiger partial charge in [-0.05, 0) is 77.0 Å². The molecule has 4 heteroatoms. The Morgan fingerprint density at radius 2 is 0.647 bits per heavy atom. The average molecular weight is 945 g/mol. The summed E-state index contributed by atoms with van der Waals surface area (Å²) in [6.45, 7) is 4.21. The van der Waals surface area contributed by atoms with Crippen molar-refractivity contribution in [1.29, 1.82) is 0 Å². The standard InChI is InChI=1S/C64H113NO3/c1-3-5-7-9-11-13-15-17-19-21-23-25-27-29-31-32-34-36-38-40-42-44-46-48-50-52-54-56-58-60-64(68)65-62(61-66)63(67)59-57-55-53-51-49-47-45-43-41-39-37-35-33-30-28-26-24-22-20-18-16-14-12-10-8-6-4-2/h5,7,11,13,17,19,23,25,29,31,34,36,40,42,57,59,62-63,66-67H,3-4,6,8-10,12,14-16,18,20-22,24,26-28,30,32-33,35,37-39,41,43-56,58,60-61H2,1-2H3,(H,65,68)/b7-5-,13-11-,19-17-,25-23-,31-29-,36-34-,42-40-,59-57+. The number of carbonyl (C=O) groups excluding carboxylic acids is 1. The molecule has 0 aliphatic carbocycles. The molecule has 0 aromatic rings. The quantitative estimate of drug-likeness (QED) is 0.0420. The molecule has 0 aromatic carbocycles. The van der Waals surface area contributed by atoms with Crippen LogP contribution >= 0.6 is 0 Å². The first-order chi connectivity index (χ1) is 33.7. The molecule has 0 aliphatic rings. The lowest BCUT2D eigenvalue weighted by Crippen LogP contribution is -2.45. The second kappa shape index (κ2) is 58.6. The van der Waals surface area contributed by atoms with Crippen molar-refractivity contribution >= 4 is 5.91 Å². The smallest absolute Gasteiger partial charge is 0.220 e. The monoisotopic (exact) mass is 944 g/mol. The summed E-state index contributed by atoms with van der Waals surface area (Å²) in [5.74, 6) is -0.0764. The minimum absolute atomic E-state index is 0.0764. The summed E-state index contributed by atoms with van der Waals surface area (Å²) in [5, 5.41) is 23.2. The van der Waals surface area contributed by atoms with E-state index in [2.05, 4.69) is 104 Å². The first kappa shape index (κ1) is 65.3. The van der Waals surface area contributed by atoms with E-state index in [9.17, 15) is 15.0 Å². The molecule has 0 aliphatic heterocycles. The normalized spacial score (nSPS) is 13.5. The summed E-state index contributed by atoms with van der Waals surface area (Å²) in [4.78, 5) is 12.5. The first-order valence-electron chi connectivity index (χ1n) is 29.5. The first-order valence-corrected chi connectivity index (χ1v) is 29.5. The molecule has 0 saturated heterocycles. The second-order valence-corrected chi connectivity index (χ2v) is 19.7. The van der Waals surface area contributed by atoms with Crippen molar-refractivity contribution in [3.63, 3.8) is 0 Å². The third-order valence-electron chi connectivity index (χ3n) is 13.1. The summed E-state index contributed by atoms with van der Waals surface area (Å²) in [5.41, 5.74) is 0. The highest BCUT2D eigenvalue weighted by Gasteiger charge is 2.18. The van der Waals surface area contributed by atoms with Gasteiger partial charge in [0.05, 0.1) is 18.8 Å². The van der Waals surface area contributed by atoms with Crippen molar-refractivity contribution in [3.05, 3.63) is 97.2 Å². The number of amides is 1. The number of hydrogen-bond acceptors (Lipinski definition) is 3. The molecule has 0 heterocycles. The highest BCUT2D eigenvalue weighted by molar-refractivity contribution is 5.76. The maximum Gasteiger partial charge on any atom is 0.220 e. The van der Waals surface area contributed by atoms with Crippen LogP contribution in [-0.2, 0) is 4.79 Å². The van der Waals surface area contributed by atoms with E-state index in [4.69, 9.17) is 0 Å².